The van der Waals surface area contributed by atoms with Crippen molar-refractivity contribution in [3.05, 3.63) is 41.6 Å². The zero-order valence-corrected chi connectivity index (χ0v) is 14.6. The zero-order chi connectivity index (χ0) is 17.5. The van der Waals surface area contributed by atoms with Crippen LogP contribution in [0.15, 0.2) is 30.3 Å². The Morgan fingerprint density at radius 2 is 1.88 bits per heavy atom. The van der Waals surface area contributed by atoms with Crippen LogP contribution in [0.2, 0.25) is 0 Å². The topological polar surface area (TPSA) is 62.3 Å². The number of para-hydroxylation sites is 1. The lowest BCUT2D eigenvalue weighted by Crippen LogP contribution is -2.31. The molecule has 0 fully saturated rings. The third kappa shape index (κ3) is 4.31. The average molecular weight is 327 g/mol. The van der Waals surface area contributed by atoms with Gasteiger partial charge in [0.1, 0.15) is 0 Å². The molecule has 2 rings (SSSR count). The normalized spacial score (nSPS) is 10.6. The molecule has 24 heavy (non-hydrogen) atoms. The van der Waals surface area contributed by atoms with Gasteiger partial charge in [-0.05, 0) is 39.3 Å². The number of hydrogen-bond donors (Lipinski definition) is 1. The van der Waals surface area contributed by atoms with Gasteiger partial charge in [0, 0.05) is 37.1 Å². The van der Waals surface area contributed by atoms with E-state index in [1.807, 2.05) is 49.9 Å². The molecule has 0 spiro atoms. The molecule has 1 aromatic carbocycles. The van der Waals surface area contributed by atoms with Gasteiger partial charge < -0.3 is 10.2 Å². The minimum atomic E-state index is -0.119. The molecule has 0 aliphatic rings. The highest BCUT2D eigenvalue weighted by molar-refractivity contribution is 6.06. The van der Waals surface area contributed by atoms with Crippen molar-refractivity contribution in [3.63, 3.8) is 0 Å². The Morgan fingerprint density at radius 3 is 2.58 bits per heavy atom. The molecule has 0 aliphatic carbocycles. The maximum atomic E-state index is 12.5. The summed E-state index contributed by atoms with van der Waals surface area (Å²) in [6, 6.07) is 9.43. The molecular weight excluding hydrogens is 302 g/mol. The van der Waals surface area contributed by atoms with E-state index in [4.69, 9.17) is 0 Å². The lowest BCUT2D eigenvalue weighted by Gasteiger charge is -2.18. The Hall–Kier alpha value is -2.43. The van der Waals surface area contributed by atoms with Crippen molar-refractivity contribution >= 4 is 22.7 Å². The molecule has 2 aromatic rings. The molecule has 1 heterocycles. The first kappa shape index (κ1) is 17.9. The summed E-state index contributed by atoms with van der Waals surface area (Å²) in [4.78, 5) is 30.7. The van der Waals surface area contributed by atoms with Crippen molar-refractivity contribution in [2.75, 3.05) is 19.6 Å². The van der Waals surface area contributed by atoms with Crippen molar-refractivity contribution in [2.24, 2.45) is 0 Å². The summed E-state index contributed by atoms with van der Waals surface area (Å²) in [5.74, 6) is 0.0199. The number of nitrogens with one attached hydrogen (secondary N) is 1. The Bertz CT molecular complexity index is 724. The van der Waals surface area contributed by atoms with Crippen LogP contribution in [0.1, 0.15) is 42.7 Å². The van der Waals surface area contributed by atoms with Crippen LogP contribution < -0.4 is 5.32 Å². The fourth-order valence-electron chi connectivity index (χ4n) is 2.77. The van der Waals surface area contributed by atoms with Gasteiger partial charge >= 0.3 is 0 Å². The molecule has 2 amide bonds. The van der Waals surface area contributed by atoms with Crippen molar-refractivity contribution in [1.29, 1.82) is 0 Å². The van der Waals surface area contributed by atoms with Crippen LogP contribution in [0.3, 0.4) is 0 Å². The van der Waals surface area contributed by atoms with Gasteiger partial charge in [-0.25, -0.2) is 0 Å². The number of carbonyl (C=O) groups excluding carboxylic acids is 2. The standard InChI is InChI=1S/C19H25N3O2/c1-4-22(5-2)18(23)11-8-12-20-19(24)16-13-14(3)21-17-10-7-6-9-15(16)17/h6-7,9-10,13H,4-5,8,11-12H2,1-3H3,(H,20,24). The van der Waals surface area contributed by atoms with E-state index in [0.717, 1.165) is 29.7 Å². The quantitative estimate of drug-likeness (QED) is 0.795. The average Bonchev–Trinajstić information content (AvgIpc) is 2.58. The van der Waals surface area contributed by atoms with E-state index in [1.54, 1.807) is 6.07 Å². The van der Waals surface area contributed by atoms with Crippen LogP contribution in [0.5, 0.6) is 0 Å². The number of rotatable bonds is 7. The van der Waals surface area contributed by atoms with Gasteiger partial charge in [-0.1, -0.05) is 18.2 Å². The molecule has 0 saturated heterocycles. The highest BCUT2D eigenvalue weighted by Gasteiger charge is 2.12. The van der Waals surface area contributed by atoms with E-state index in [9.17, 15) is 9.59 Å². The number of aryl methyl sites for hydroxylation is 1. The summed E-state index contributed by atoms with van der Waals surface area (Å²) in [6.07, 6.45) is 1.10. The number of benzene rings is 1. The smallest absolute Gasteiger partial charge is 0.252 e. The summed E-state index contributed by atoms with van der Waals surface area (Å²) in [6.45, 7) is 7.77. The number of pyridine rings is 1. The van der Waals surface area contributed by atoms with E-state index in [0.29, 0.717) is 24.9 Å². The third-order valence-electron chi connectivity index (χ3n) is 4.06. The van der Waals surface area contributed by atoms with Gasteiger partial charge in [-0.15, -0.1) is 0 Å². The first-order valence-electron chi connectivity index (χ1n) is 8.49. The maximum absolute atomic E-state index is 12.5. The molecule has 5 heteroatoms. The molecule has 0 atom stereocenters. The molecule has 0 aliphatic heterocycles. The number of fused-ring (bicyclic) bond motifs is 1. The fourth-order valence-corrected chi connectivity index (χ4v) is 2.77. The second-order valence-corrected chi connectivity index (χ2v) is 5.75. The predicted octanol–water partition coefficient (Wildman–Crippen LogP) is 2.92. The Kier molecular flexibility index (Phi) is 6.29. The molecular formula is C19H25N3O2. The largest absolute Gasteiger partial charge is 0.352 e. The zero-order valence-electron chi connectivity index (χ0n) is 14.6. The first-order chi connectivity index (χ1) is 11.6. The lowest BCUT2D eigenvalue weighted by molar-refractivity contribution is -0.130. The van der Waals surface area contributed by atoms with Crippen molar-refractivity contribution < 1.29 is 9.59 Å². The molecule has 0 bridgehead atoms. The van der Waals surface area contributed by atoms with Crippen LogP contribution in [0, 0.1) is 6.92 Å². The molecule has 128 valence electrons. The second-order valence-electron chi connectivity index (χ2n) is 5.75. The third-order valence-corrected chi connectivity index (χ3v) is 4.06. The fraction of sp³-hybridized carbons (Fsp3) is 0.421. The summed E-state index contributed by atoms with van der Waals surface area (Å²) in [7, 11) is 0. The number of hydrogen-bond acceptors (Lipinski definition) is 3. The summed E-state index contributed by atoms with van der Waals surface area (Å²) < 4.78 is 0. The molecule has 1 N–H and O–H groups in total. The Labute approximate surface area is 143 Å². The minimum Gasteiger partial charge on any atom is -0.352 e. The van der Waals surface area contributed by atoms with E-state index in [1.165, 1.54) is 0 Å². The van der Waals surface area contributed by atoms with E-state index in [-0.39, 0.29) is 11.8 Å². The molecule has 0 radical (unpaired) electrons. The molecule has 0 unspecified atom stereocenters. The second kappa shape index (κ2) is 8.43. The summed E-state index contributed by atoms with van der Waals surface area (Å²) in [5, 5.41) is 3.76. The van der Waals surface area contributed by atoms with E-state index < -0.39 is 0 Å². The van der Waals surface area contributed by atoms with Gasteiger partial charge in [0.25, 0.3) is 5.91 Å². The minimum absolute atomic E-state index is 0.119. The first-order valence-corrected chi connectivity index (χ1v) is 8.49. The van der Waals surface area contributed by atoms with Crippen LogP contribution in [-0.4, -0.2) is 41.3 Å². The number of amides is 2. The number of aromatic nitrogens is 1. The maximum Gasteiger partial charge on any atom is 0.252 e. The van der Waals surface area contributed by atoms with Gasteiger partial charge in [0.2, 0.25) is 5.91 Å². The van der Waals surface area contributed by atoms with E-state index >= 15 is 0 Å². The van der Waals surface area contributed by atoms with Crippen LogP contribution in [0.25, 0.3) is 10.9 Å². The Balaban J connectivity index is 1.95. The summed E-state index contributed by atoms with van der Waals surface area (Å²) in [5.41, 5.74) is 2.27. The number of carbonyl (C=O) groups is 2. The lowest BCUT2D eigenvalue weighted by atomic mass is 10.1. The summed E-state index contributed by atoms with van der Waals surface area (Å²) >= 11 is 0. The van der Waals surface area contributed by atoms with Crippen LogP contribution in [-0.2, 0) is 4.79 Å². The van der Waals surface area contributed by atoms with Crippen LogP contribution in [0.4, 0.5) is 0 Å². The number of nitrogens with zero attached hydrogens (tertiary/aromatic N) is 2. The van der Waals surface area contributed by atoms with Gasteiger partial charge in [-0.3, -0.25) is 14.6 Å². The highest BCUT2D eigenvalue weighted by Crippen LogP contribution is 2.18. The SMILES string of the molecule is CCN(CC)C(=O)CCCNC(=O)c1cc(C)nc2ccccc12. The Morgan fingerprint density at radius 1 is 1.17 bits per heavy atom. The van der Waals surface area contributed by atoms with Crippen LogP contribution >= 0.6 is 0 Å². The van der Waals surface area contributed by atoms with Gasteiger partial charge in [0.05, 0.1) is 11.1 Å². The van der Waals surface area contributed by atoms with E-state index in [2.05, 4.69) is 10.3 Å². The van der Waals surface area contributed by atoms with Gasteiger partial charge in [-0.2, -0.15) is 0 Å². The molecule has 0 saturated carbocycles. The predicted molar refractivity (Wildman–Crippen MR) is 96.0 cm³/mol. The van der Waals surface area contributed by atoms with Crippen molar-refractivity contribution in [1.82, 2.24) is 15.2 Å². The monoisotopic (exact) mass is 327 g/mol. The van der Waals surface area contributed by atoms with Crippen molar-refractivity contribution in [2.45, 2.75) is 33.6 Å². The van der Waals surface area contributed by atoms with Crippen molar-refractivity contribution in [3.8, 4) is 0 Å². The highest BCUT2D eigenvalue weighted by atomic mass is 16.2. The van der Waals surface area contributed by atoms with Gasteiger partial charge in [0.15, 0.2) is 0 Å². The molecule has 1 aromatic heterocycles. The molecule has 5 nitrogen and oxygen atoms in total.